The molecule has 28 heavy (non-hydrogen) atoms. The topological polar surface area (TPSA) is 56.8 Å². The zero-order valence-electron chi connectivity index (χ0n) is 16.5. The monoisotopic (exact) mass is 511 g/mol. The predicted molar refractivity (Wildman–Crippen MR) is 118 cm³/mol. The van der Waals surface area contributed by atoms with Gasteiger partial charge in [0.2, 0.25) is 11.7 Å². The number of carbonyl (C=O) groups is 1. The maximum absolute atomic E-state index is 12.3. The predicted octanol–water partition coefficient (Wildman–Crippen LogP) is 5.18. The van der Waals surface area contributed by atoms with Gasteiger partial charge in [-0.05, 0) is 70.2 Å². The van der Waals surface area contributed by atoms with Crippen molar-refractivity contribution in [3.05, 3.63) is 55.5 Å². The average molecular weight is 513 g/mol. The van der Waals surface area contributed by atoms with E-state index in [0.29, 0.717) is 28.3 Å². The summed E-state index contributed by atoms with van der Waals surface area (Å²) < 4.78 is 17.9. The molecule has 0 unspecified atom stereocenters. The molecule has 1 N–H and O–H groups in total. The molecule has 2 aromatic carbocycles. The molecule has 1 amide bonds. The van der Waals surface area contributed by atoms with Gasteiger partial charge in [0.1, 0.15) is 0 Å². The van der Waals surface area contributed by atoms with E-state index >= 15 is 0 Å². The Labute approximate surface area is 182 Å². The third-order valence-corrected chi connectivity index (χ3v) is 6.04. The maximum atomic E-state index is 12.3. The fourth-order valence-corrected chi connectivity index (χ4v) is 3.83. The molecule has 0 aromatic heterocycles. The summed E-state index contributed by atoms with van der Waals surface area (Å²) in [6, 6.07) is 5.83. The number of carbonyl (C=O) groups excluding carboxylic acids is 1. The van der Waals surface area contributed by atoms with Gasteiger partial charge in [-0.3, -0.25) is 4.79 Å². The quantitative estimate of drug-likeness (QED) is 0.519. The Balaban J connectivity index is 2.14. The molecule has 0 aliphatic carbocycles. The SMILES string of the molecule is COc1cc(CNC(=O)/C=C/c2cc(C)c(C)c(Br)c2)c(Br)c(OC)c1OC. The summed E-state index contributed by atoms with van der Waals surface area (Å²) in [6.07, 6.45) is 3.30. The molecular formula is C21H23Br2NO4. The summed E-state index contributed by atoms with van der Waals surface area (Å²) in [4.78, 5) is 12.3. The van der Waals surface area contributed by atoms with Crippen LogP contribution in [0.15, 0.2) is 33.2 Å². The van der Waals surface area contributed by atoms with Crippen molar-refractivity contribution in [3.8, 4) is 17.2 Å². The van der Waals surface area contributed by atoms with Gasteiger partial charge in [-0.15, -0.1) is 0 Å². The van der Waals surface area contributed by atoms with E-state index in [9.17, 15) is 4.79 Å². The highest BCUT2D eigenvalue weighted by molar-refractivity contribution is 9.11. The molecule has 0 spiro atoms. The first-order valence-electron chi connectivity index (χ1n) is 8.52. The van der Waals surface area contributed by atoms with Crippen LogP contribution in [-0.2, 0) is 11.3 Å². The normalized spacial score (nSPS) is 10.8. The van der Waals surface area contributed by atoms with E-state index in [1.165, 1.54) is 11.6 Å². The van der Waals surface area contributed by atoms with E-state index in [2.05, 4.69) is 44.1 Å². The van der Waals surface area contributed by atoms with Gasteiger partial charge in [-0.1, -0.05) is 22.0 Å². The Morgan fingerprint density at radius 3 is 2.29 bits per heavy atom. The molecule has 0 fully saturated rings. The fourth-order valence-electron chi connectivity index (χ4n) is 2.65. The summed E-state index contributed by atoms with van der Waals surface area (Å²) >= 11 is 7.05. The molecule has 0 aliphatic rings. The molecule has 0 saturated heterocycles. The van der Waals surface area contributed by atoms with Crippen molar-refractivity contribution in [3.63, 3.8) is 0 Å². The molecule has 150 valence electrons. The summed E-state index contributed by atoms with van der Waals surface area (Å²) in [7, 11) is 4.65. The van der Waals surface area contributed by atoms with E-state index in [1.54, 1.807) is 33.5 Å². The second kappa shape index (κ2) is 9.98. The third kappa shape index (κ3) is 5.08. The van der Waals surface area contributed by atoms with Crippen molar-refractivity contribution in [1.29, 1.82) is 0 Å². The molecule has 0 atom stereocenters. The van der Waals surface area contributed by atoms with Crippen molar-refractivity contribution in [2.24, 2.45) is 0 Å². The highest BCUT2D eigenvalue weighted by atomic mass is 79.9. The molecule has 0 bridgehead atoms. The Kier molecular flexibility index (Phi) is 7.95. The van der Waals surface area contributed by atoms with Crippen LogP contribution in [0.2, 0.25) is 0 Å². The van der Waals surface area contributed by atoms with Crippen LogP contribution in [0.4, 0.5) is 0 Å². The molecule has 0 radical (unpaired) electrons. The summed E-state index contributed by atoms with van der Waals surface area (Å²) in [5, 5.41) is 2.87. The molecule has 2 rings (SSSR count). The lowest BCUT2D eigenvalue weighted by Gasteiger charge is -2.16. The number of aryl methyl sites for hydroxylation is 1. The van der Waals surface area contributed by atoms with Crippen LogP contribution in [0, 0.1) is 13.8 Å². The minimum atomic E-state index is -0.199. The van der Waals surface area contributed by atoms with E-state index in [4.69, 9.17) is 14.2 Å². The number of benzene rings is 2. The number of rotatable bonds is 7. The molecular weight excluding hydrogens is 490 g/mol. The Hall–Kier alpha value is -1.99. The second-order valence-electron chi connectivity index (χ2n) is 6.11. The van der Waals surface area contributed by atoms with Crippen LogP contribution >= 0.6 is 31.9 Å². The first-order valence-corrected chi connectivity index (χ1v) is 10.1. The highest BCUT2D eigenvalue weighted by Crippen LogP contribution is 2.44. The van der Waals surface area contributed by atoms with Gasteiger partial charge in [0.25, 0.3) is 0 Å². The summed E-state index contributed by atoms with van der Waals surface area (Å²) in [5.41, 5.74) is 4.12. The number of halogens is 2. The van der Waals surface area contributed by atoms with Gasteiger partial charge in [-0.25, -0.2) is 0 Å². The minimum absolute atomic E-state index is 0.199. The molecule has 7 heteroatoms. The van der Waals surface area contributed by atoms with Gasteiger partial charge in [-0.2, -0.15) is 0 Å². The maximum Gasteiger partial charge on any atom is 0.244 e. The number of amides is 1. The third-order valence-electron chi connectivity index (χ3n) is 4.35. The summed E-state index contributed by atoms with van der Waals surface area (Å²) in [5.74, 6) is 1.34. The van der Waals surface area contributed by atoms with Gasteiger partial charge >= 0.3 is 0 Å². The standard InChI is InChI=1S/C21H23Br2NO4/c1-12-8-14(9-16(22)13(12)2)6-7-18(25)24-11-15-10-17(26-3)20(27-4)21(28-5)19(15)23/h6-10H,11H2,1-5H3,(H,24,25)/b7-6+. The zero-order valence-corrected chi connectivity index (χ0v) is 19.7. The smallest absolute Gasteiger partial charge is 0.244 e. The number of ether oxygens (including phenoxy) is 3. The van der Waals surface area contributed by atoms with E-state index in [0.717, 1.165) is 21.2 Å². The Bertz CT molecular complexity index is 887. The van der Waals surface area contributed by atoms with Gasteiger partial charge in [0.05, 0.1) is 25.8 Å². The van der Waals surface area contributed by atoms with Crippen molar-refractivity contribution in [1.82, 2.24) is 5.32 Å². The second-order valence-corrected chi connectivity index (χ2v) is 7.76. The minimum Gasteiger partial charge on any atom is -0.493 e. The van der Waals surface area contributed by atoms with E-state index < -0.39 is 0 Å². The lowest BCUT2D eigenvalue weighted by atomic mass is 10.1. The molecule has 0 heterocycles. The number of methoxy groups -OCH3 is 3. The van der Waals surface area contributed by atoms with Crippen LogP contribution in [0.3, 0.4) is 0 Å². The van der Waals surface area contributed by atoms with Crippen molar-refractivity contribution >= 4 is 43.8 Å². The average Bonchev–Trinajstić information content (AvgIpc) is 2.68. The zero-order chi connectivity index (χ0) is 20.8. The van der Waals surface area contributed by atoms with Crippen LogP contribution in [0.25, 0.3) is 6.08 Å². The number of hydrogen-bond acceptors (Lipinski definition) is 4. The van der Waals surface area contributed by atoms with E-state index in [1.807, 2.05) is 19.1 Å². The summed E-state index contributed by atoms with van der Waals surface area (Å²) in [6.45, 7) is 4.39. The number of nitrogens with one attached hydrogen (secondary N) is 1. The largest absolute Gasteiger partial charge is 0.493 e. The van der Waals surface area contributed by atoms with Crippen molar-refractivity contribution in [2.45, 2.75) is 20.4 Å². The van der Waals surface area contributed by atoms with Crippen molar-refractivity contribution < 1.29 is 19.0 Å². The van der Waals surface area contributed by atoms with Gasteiger partial charge in [0.15, 0.2) is 11.5 Å². The highest BCUT2D eigenvalue weighted by Gasteiger charge is 2.19. The van der Waals surface area contributed by atoms with Crippen molar-refractivity contribution in [2.75, 3.05) is 21.3 Å². The van der Waals surface area contributed by atoms with Crippen LogP contribution in [-0.4, -0.2) is 27.2 Å². The van der Waals surface area contributed by atoms with Gasteiger partial charge in [0, 0.05) is 17.1 Å². The molecule has 0 saturated carbocycles. The number of hydrogen-bond donors (Lipinski definition) is 1. The molecule has 0 aliphatic heterocycles. The van der Waals surface area contributed by atoms with Crippen LogP contribution in [0.5, 0.6) is 17.2 Å². The fraction of sp³-hybridized carbons (Fsp3) is 0.286. The Morgan fingerprint density at radius 2 is 1.71 bits per heavy atom. The first-order chi connectivity index (χ1) is 13.3. The van der Waals surface area contributed by atoms with Gasteiger partial charge < -0.3 is 19.5 Å². The molecule has 2 aromatic rings. The van der Waals surface area contributed by atoms with Crippen LogP contribution in [0.1, 0.15) is 22.3 Å². The molecule has 5 nitrogen and oxygen atoms in total. The first kappa shape index (κ1) is 22.3. The Morgan fingerprint density at radius 1 is 1.04 bits per heavy atom. The van der Waals surface area contributed by atoms with Crippen LogP contribution < -0.4 is 19.5 Å². The lowest BCUT2D eigenvalue weighted by molar-refractivity contribution is -0.116. The lowest BCUT2D eigenvalue weighted by Crippen LogP contribution is -2.20. The van der Waals surface area contributed by atoms with E-state index in [-0.39, 0.29) is 5.91 Å².